The zero-order chi connectivity index (χ0) is 12.8. The summed E-state index contributed by atoms with van der Waals surface area (Å²) in [6.07, 6.45) is 0.0554. The Hall–Kier alpha value is -2.24. The van der Waals surface area contributed by atoms with Crippen LogP contribution in [0.4, 0.5) is 10.5 Å². The first-order chi connectivity index (χ1) is 8.79. The Balaban J connectivity index is 2.01. The second-order valence-electron chi connectivity index (χ2n) is 3.60. The number of ether oxygens (including phenoxy) is 2. The minimum atomic E-state index is -0.529. The van der Waals surface area contributed by atoms with E-state index in [4.69, 9.17) is 9.47 Å². The molecule has 6 heteroatoms. The van der Waals surface area contributed by atoms with Gasteiger partial charge < -0.3 is 9.47 Å². The van der Waals surface area contributed by atoms with Crippen LogP contribution in [0.15, 0.2) is 29.3 Å². The van der Waals surface area contributed by atoms with Gasteiger partial charge in [0.25, 0.3) is 0 Å². The number of nitrogens with one attached hydrogen (secondary N) is 2. The van der Waals surface area contributed by atoms with E-state index in [1.165, 1.54) is 0 Å². The van der Waals surface area contributed by atoms with E-state index in [2.05, 4.69) is 15.8 Å². The highest BCUT2D eigenvalue weighted by atomic mass is 16.5. The smallest absolute Gasteiger partial charge is 0.425 e. The number of hydrazine groups is 1. The van der Waals surface area contributed by atoms with Gasteiger partial charge in [-0.3, -0.25) is 5.43 Å². The fraction of sp³-hybridized carbons (Fsp3) is 0.333. The molecule has 0 spiro atoms. The quantitative estimate of drug-likeness (QED) is 0.744. The van der Waals surface area contributed by atoms with Gasteiger partial charge in [-0.25, -0.2) is 15.2 Å². The molecule has 0 fully saturated rings. The predicted octanol–water partition coefficient (Wildman–Crippen LogP) is 1.75. The molecule has 2 rings (SSSR count). The zero-order valence-electron chi connectivity index (χ0n) is 10.1. The van der Waals surface area contributed by atoms with Crippen LogP contribution in [0.3, 0.4) is 0 Å². The summed E-state index contributed by atoms with van der Waals surface area (Å²) in [6.45, 7) is 2.58. The van der Waals surface area contributed by atoms with Crippen LogP contribution in [0.5, 0.6) is 5.75 Å². The summed E-state index contributed by atoms with van der Waals surface area (Å²) >= 11 is 0. The van der Waals surface area contributed by atoms with Gasteiger partial charge in [-0.15, -0.1) is 0 Å². The zero-order valence-corrected chi connectivity index (χ0v) is 10.1. The first-order valence-electron chi connectivity index (χ1n) is 5.77. The number of benzene rings is 1. The number of nitrogens with zero attached hydrogens (tertiary/aromatic N) is 1. The molecular formula is C12H15N3O3. The molecule has 1 aromatic rings. The van der Waals surface area contributed by atoms with E-state index in [1.54, 1.807) is 6.92 Å². The average Bonchev–Trinajstić information content (AvgIpc) is 2.58. The van der Waals surface area contributed by atoms with Gasteiger partial charge in [-0.2, -0.15) is 0 Å². The highest BCUT2D eigenvalue weighted by Gasteiger charge is 2.10. The Morgan fingerprint density at radius 2 is 2.33 bits per heavy atom. The van der Waals surface area contributed by atoms with Gasteiger partial charge >= 0.3 is 6.09 Å². The normalized spacial score (nSPS) is 13.5. The summed E-state index contributed by atoms with van der Waals surface area (Å²) in [6, 6.07) is 7.49. The number of para-hydroxylation sites is 2. The number of hydrogen-bond donors (Lipinski definition) is 2. The van der Waals surface area contributed by atoms with Crippen LogP contribution in [0, 0.1) is 0 Å². The van der Waals surface area contributed by atoms with Crippen LogP contribution < -0.4 is 15.6 Å². The summed E-state index contributed by atoms with van der Waals surface area (Å²) in [5, 5.41) is 0. The molecule has 96 valence electrons. The molecule has 0 radical (unpaired) electrons. The van der Waals surface area contributed by atoms with Crippen molar-refractivity contribution >= 4 is 17.6 Å². The third-order valence-corrected chi connectivity index (χ3v) is 2.30. The average molecular weight is 249 g/mol. The maximum atomic E-state index is 11.1. The molecular weight excluding hydrogens is 234 g/mol. The van der Waals surface area contributed by atoms with Crippen LogP contribution in [-0.4, -0.2) is 25.1 Å². The summed E-state index contributed by atoms with van der Waals surface area (Å²) in [5.41, 5.74) is 5.89. The van der Waals surface area contributed by atoms with Crippen molar-refractivity contribution in [2.75, 3.05) is 13.2 Å². The van der Waals surface area contributed by atoms with Crippen LogP contribution in [0.25, 0.3) is 0 Å². The lowest BCUT2D eigenvalue weighted by atomic mass is 10.3. The second kappa shape index (κ2) is 5.90. The standard InChI is InChI=1S/C12H15N3O3/c1-2-17-12(16)15-14-11-7-8-18-10-6-4-3-5-9(10)13-11/h3-6H,2,7-8H2,1H3,(H,13,14)(H,15,16). The van der Waals surface area contributed by atoms with Crippen molar-refractivity contribution in [1.29, 1.82) is 0 Å². The van der Waals surface area contributed by atoms with E-state index in [1.807, 2.05) is 24.3 Å². The number of amides is 1. The molecule has 0 aromatic heterocycles. The molecule has 6 nitrogen and oxygen atoms in total. The van der Waals surface area contributed by atoms with Crippen LogP contribution in [0.2, 0.25) is 0 Å². The van der Waals surface area contributed by atoms with Gasteiger partial charge in [0.05, 0.1) is 13.2 Å². The lowest BCUT2D eigenvalue weighted by Crippen LogP contribution is -2.42. The van der Waals surface area contributed by atoms with E-state index >= 15 is 0 Å². The summed E-state index contributed by atoms with van der Waals surface area (Å²) in [7, 11) is 0. The molecule has 1 aromatic carbocycles. The number of amidine groups is 1. The van der Waals surface area contributed by atoms with Crippen LogP contribution in [-0.2, 0) is 4.74 Å². The van der Waals surface area contributed by atoms with Crippen molar-refractivity contribution in [1.82, 2.24) is 10.9 Å². The largest absolute Gasteiger partial charge is 0.491 e. The van der Waals surface area contributed by atoms with Crippen molar-refractivity contribution in [3.05, 3.63) is 24.3 Å². The minimum absolute atomic E-state index is 0.325. The molecule has 1 amide bonds. The van der Waals surface area contributed by atoms with Crippen molar-refractivity contribution < 1.29 is 14.3 Å². The summed E-state index contributed by atoms with van der Waals surface area (Å²) in [5.74, 6) is 1.37. The van der Waals surface area contributed by atoms with Gasteiger partial charge in [0.15, 0.2) is 0 Å². The van der Waals surface area contributed by atoms with Crippen molar-refractivity contribution in [2.24, 2.45) is 4.99 Å². The minimum Gasteiger partial charge on any atom is -0.491 e. The predicted molar refractivity (Wildman–Crippen MR) is 66.9 cm³/mol. The second-order valence-corrected chi connectivity index (χ2v) is 3.60. The van der Waals surface area contributed by atoms with E-state index in [0.29, 0.717) is 25.5 Å². The van der Waals surface area contributed by atoms with E-state index in [9.17, 15) is 4.79 Å². The molecule has 0 unspecified atom stereocenters. The van der Waals surface area contributed by atoms with E-state index in [0.717, 1.165) is 11.4 Å². The first kappa shape index (κ1) is 12.2. The molecule has 1 aliphatic rings. The fourth-order valence-electron chi connectivity index (χ4n) is 1.51. The maximum absolute atomic E-state index is 11.1. The lowest BCUT2D eigenvalue weighted by molar-refractivity contribution is 0.150. The molecule has 0 saturated heterocycles. The van der Waals surface area contributed by atoms with Gasteiger partial charge in [0, 0.05) is 6.42 Å². The Bertz CT molecular complexity index is 460. The van der Waals surface area contributed by atoms with E-state index < -0.39 is 6.09 Å². The Kier molecular flexibility index (Phi) is 4.01. The lowest BCUT2D eigenvalue weighted by Gasteiger charge is -2.08. The maximum Gasteiger partial charge on any atom is 0.425 e. The van der Waals surface area contributed by atoms with Crippen molar-refractivity contribution in [3.8, 4) is 5.75 Å². The molecule has 0 saturated carbocycles. The Morgan fingerprint density at radius 1 is 1.50 bits per heavy atom. The molecule has 1 aliphatic heterocycles. The Morgan fingerprint density at radius 3 is 3.17 bits per heavy atom. The third-order valence-electron chi connectivity index (χ3n) is 2.30. The van der Waals surface area contributed by atoms with Gasteiger partial charge in [-0.1, -0.05) is 12.1 Å². The number of aliphatic imine (C=N–C) groups is 1. The highest BCUT2D eigenvalue weighted by molar-refractivity contribution is 5.87. The number of carbonyl (C=O) groups excluding carboxylic acids is 1. The number of rotatable bonds is 1. The molecule has 18 heavy (non-hydrogen) atoms. The topological polar surface area (TPSA) is 72.0 Å². The van der Waals surface area contributed by atoms with E-state index in [-0.39, 0.29) is 0 Å². The summed E-state index contributed by atoms with van der Waals surface area (Å²) < 4.78 is 10.3. The molecule has 0 bridgehead atoms. The van der Waals surface area contributed by atoms with Gasteiger partial charge in [0.2, 0.25) is 0 Å². The summed E-state index contributed by atoms with van der Waals surface area (Å²) in [4.78, 5) is 15.5. The number of hydrogen-bond acceptors (Lipinski definition) is 5. The van der Waals surface area contributed by atoms with Gasteiger partial charge in [0.1, 0.15) is 17.3 Å². The SMILES string of the molecule is CCOC(=O)NNC1=Nc2ccccc2OCC1. The van der Waals surface area contributed by atoms with Crippen LogP contribution >= 0.6 is 0 Å². The van der Waals surface area contributed by atoms with Crippen LogP contribution in [0.1, 0.15) is 13.3 Å². The van der Waals surface area contributed by atoms with Crippen molar-refractivity contribution in [3.63, 3.8) is 0 Å². The molecule has 0 aliphatic carbocycles. The fourth-order valence-corrected chi connectivity index (χ4v) is 1.51. The molecule has 1 heterocycles. The number of fused-ring (bicyclic) bond motifs is 1. The van der Waals surface area contributed by atoms with Crippen molar-refractivity contribution in [2.45, 2.75) is 13.3 Å². The van der Waals surface area contributed by atoms with Gasteiger partial charge in [-0.05, 0) is 19.1 Å². The number of carbonyl (C=O) groups is 1. The highest BCUT2D eigenvalue weighted by Crippen LogP contribution is 2.28. The third kappa shape index (κ3) is 3.13. The monoisotopic (exact) mass is 249 g/mol. The molecule has 2 N–H and O–H groups in total. The molecule has 0 atom stereocenters. The Labute approximate surface area is 105 Å². The first-order valence-corrected chi connectivity index (χ1v) is 5.77.